The second kappa shape index (κ2) is 7.96. The van der Waals surface area contributed by atoms with Crippen molar-refractivity contribution in [3.63, 3.8) is 0 Å². The van der Waals surface area contributed by atoms with E-state index in [0.29, 0.717) is 22.5 Å². The van der Waals surface area contributed by atoms with E-state index in [1.807, 2.05) is 0 Å². The van der Waals surface area contributed by atoms with Gasteiger partial charge in [-0.05, 0) is 50.8 Å². The number of ether oxygens (including phenoxy) is 1. The lowest BCUT2D eigenvalue weighted by Crippen LogP contribution is -2.41. The Balaban J connectivity index is 0.00000243. The Bertz CT molecular complexity index is 905. The number of esters is 1. The van der Waals surface area contributed by atoms with Crippen molar-refractivity contribution in [2.24, 2.45) is 11.7 Å². The van der Waals surface area contributed by atoms with E-state index in [1.165, 1.54) is 12.1 Å². The quantitative estimate of drug-likeness (QED) is 0.687. The fourth-order valence-corrected chi connectivity index (χ4v) is 4.20. The minimum absolute atomic E-state index is 0. The summed E-state index contributed by atoms with van der Waals surface area (Å²) in [5.41, 5.74) is 6.69. The maximum atomic E-state index is 12.6. The SMILES string of the molecule is CCOC(=O)c1oc2ccc(S(=O)(=O)NC(CN)C3CC3)cc2c1C.Cl. The summed E-state index contributed by atoms with van der Waals surface area (Å²) in [7, 11) is -3.69. The van der Waals surface area contributed by atoms with Crippen LogP contribution in [0.25, 0.3) is 11.0 Å². The molecule has 1 aliphatic rings. The number of carbonyl (C=O) groups is 1. The average molecular weight is 403 g/mol. The van der Waals surface area contributed by atoms with E-state index >= 15 is 0 Å². The molecule has 26 heavy (non-hydrogen) atoms. The maximum absolute atomic E-state index is 12.6. The van der Waals surface area contributed by atoms with Crippen molar-refractivity contribution >= 4 is 39.4 Å². The van der Waals surface area contributed by atoms with Gasteiger partial charge in [0.05, 0.1) is 11.5 Å². The highest BCUT2D eigenvalue weighted by Crippen LogP contribution is 2.33. The highest BCUT2D eigenvalue weighted by Gasteiger charge is 2.33. The van der Waals surface area contributed by atoms with Gasteiger partial charge in [-0.25, -0.2) is 17.9 Å². The minimum atomic E-state index is -3.69. The Morgan fingerprint density at radius 1 is 1.42 bits per heavy atom. The first-order chi connectivity index (χ1) is 11.9. The number of rotatable bonds is 7. The molecule has 1 aromatic heterocycles. The highest BCUT2D eigenvalue weighted by atomic mass is 35.5. The van der Waals surface area contributed by atoms with E-state index in [1.54, 1.807) is 19.9 Å². The largest absolute Gasteiger partial charge is 0.460 e. The van der Waals surface area contributed by atoms with Crippen LogP contribution in [0, 0.1) is 12.8 Å². The van der Waals surface area contributed by atoms with Crippen molar-refractivity contribution in [2.75, 3.05) is 13.2 Å². The fraction of sp³-hybridized carbons (Fsp3) is 0.471. The molecule has 1 aliphatic carbocycles. The number of sulfonamides is 1. The Kier molecular flexibility index (Phi) is 6.33. The third-order valence-corrected chi connectivity index (χ3v) is 5.92. The lowest BCUT2D eigenvalue weighted by Gasteiger charge is -2.16. The summed E-state index contributed by atoms with van der Waals surface area (Å²) in [6.07, 6.45) is 1.99. The van der Waals surface area contributed by atoms with Crippen LogP contribution in [-0.4, -0.2) is 33.6 Å². The molecule has 9 heteroatoms. The van der Waals surface area contributed by atoms with Gasteiger partial charge in [0.2, 0.25) is 15.8 Å². The third-order valence-electron chi connectivity index (χ3n) is 4.43. The van der Waals surface area contributed by atoms with Gasteiger partial charge in [0, 0.05) is 23.5 Å². The summed E-state index contributed by atoms with van der Waals surface area (Å²) < 4.78 is 38.4. The average Bonchev–Trinajstić information content (AvgIpc) is 3.37. The predicted octanol–water partition coefficient (Wildman–Crippen LogP) is 2.36. The van der Waals surface area contributed by atoms with Gasteiger partial charge in [-0.2, -0.15) is 0 Å². The molecule has 3 N–H and O–H groups in total. The number of benzene rings is 1. The van der Waals surface area contributed by atoms with Crippen LogP contribution < -0.4 is 10.5 Å². The van der Waals surface area contributed by atoms with Crippen LogP contribution in [0.4, 0.5) is 0 Å². The number of carbonyl (C=O) groups excluding carboxylic acids is 1. The first-order valence-corrected chi connectivity index (χ1v) is 9.78. The molecule has 7 nitrogen and oxygen atoms in total. The molecule has 0 spiro atoms. The fourth-order valence-electron chi connectivity index (χ4n) is 2.86. The van der Waals surface area contributed by atoms with Crippen LogP contribution in [-0.2, 0) is 14.8 Å². The molecule has 144 valence electrons. The number of fused-ring (bicyclic) bond motifs is 1. The monoisotopic (exact) mass is 402 g/mol. The van der Waals surface area contributed by atoms with E-state index < -0.39 is 16.0 Å². The Morgan fingerprint density at radius 2 is 2.12 bits per heavy atom. The van der Waals surface area contributed by atoms with Gasteiger partial charge in [0.25, 0.3) is 0 Å². The van der Waals surface area contributed by atoms with Crippen molar-refractivity contribution in [2.45, 2.75) is 37.6 Å². The molecule has 0 radical (unpaired) electrons. The molecule has 1 saturated carbocycles. The van der Waals surface area contributed by atoms with Crippen LogP contribution in [0.1, 0.15) is 35.9 Å². The molecule has 1 unspecified atom stereocenters. The zero-order valence-electron chi connectivity index (χ0n) is 14.7. The molecule has 0 saturated heterocycles. The van der Waals surface area contributed by atoms with Crippen molar-refractivity contribution in [1.29, 1.82) is 0 Å². The Hall–Kier alpha value is -1.61. The number of halogens is 1. The van der Waals surface area contributed by atoms with E-state index in [0.717, 1.165) is 12.8 Å². The number of furan rings is 1. The second-order valence-corrected chi connectivity index (χ2v) is 7.95. The molecule has 1 atom stereocenters. The second-order valence-electron chi connectivity index (χ2n) is 6.24. The number of aryl methyl sites for hydroxylation is 1. The van der Waals surface area contributed by atoms with Crippen molar-refractivity contribution in [3.8, 4) is 0 Å². The molecule has 3 rings (SSSR count). The van der Waals surface area contributed by atoms with Crippen molar-refractivity contribution < 1.29 is 22.4 Å². The van der Waals surface area contributed by atoms with Gasteiger partial charge in [-0.1, -0.05) is 0 Å². The molecule has 0 aliphatic heterocycles. The van der Waals surface area contributed by atoms with Gasteiger partial charge in [-0.15, -0.1) is 12.4 Å². The summed E-state index contributed by atoms with van der Waals surface area (Å²) in [6, 6.07) is 4.28. The van der Waals surface area contributed by atoms with Crippen LogP contribution >= 0.6 is 12.4 Å². The molecule has 1 aromatic carbocycles. The van der Waals surface area contributed by atoms with Crippen molar-refractivity contribution in [3.05, 3.63) is 29.5 Å². The maximum Gasteiger partial charge on any atom is 0.374 e. The van der Waals surface area contributed by atoms with E-state index in [9.17, 15) is 13.2 Å². The minimum Gasteiger partial charge on any atom is -0.460 e. The third kappa shape index (κ3) is 4.03. The summed E-state index contributed by atoms with van der Waals surface area (Å²) in [5, 5.41) is 0.571. The highest BCUT2D eigenvalue weighted by molar-refractivity contribution is 7.89. The molecule has 2 aromatic rings. The van der Waals surface area contributed by atoms with E-state index in [-0.39, 0.29) is 42.3 Å². The lowest BCUT2D eigenvalue weighted by atomic mass is 10.1. The number of hydrogen-bond acceptors (Lipinski definition) is 6. The van der Waals surface area contributed by atoms with Gasteiger partial charge in [0.1, 0.15) is 5.58 Å². The van der Waals surface area contributed by atoms with Crippen molar-refractivity contribution in [1.82, 2.24) is 4.72 Å². The van der Waals surface area contributed by atoms with E-state index in [4.69, 9.17) is 14.9 Å². The number of hydrogen-bond donors (Lipinski definition) is 2. The van der Waals surface area contributed by atoms with Crippen LogP contribution in [0.3, 0.4) is 0 Å². The molecular weight excluding hydrogens is 380 g/mol. The molecule has 0 bridgehead atoms. The Labute approximate surface area is 158 Å². The van der Waals surface area contributed by atoms with Gasteiger partial charge >= 0.3 is 5.97 Å². The Morgan fingerprint density at radius 3 is 2.69 bits per heavy atom. The number of nitrogens with two attached hydrogens (primary N) is 1. The summed E-state index contributed by atoms with van der Waals surface area (Å²) >= 11 is 0. The van der Waals surface area contributed by atoms with Crippen LogP contribution in [0.2, 0.25) is 0 Å². The van der Waals surface area contributed by atoms with Gasteiger partial charge < -0.3 is 14.9 Å². The predicted molar refractivity (Wildman–Crippen MR) is 100 cm³/mol. The summed E-state index contributed by atoms with van der Waals surface area (Å²) in [5.74, 6) is -0.151. The smallest absolute Gasteiger partial charge is 0.374 e. The molecule has 0 amide bonds. The zero-order chi connectivity index (χ0) is 18.2. The molecular formula is C17H23ClN2O5S. The lowest BCUT2D eigenvalue weighted by molar-refractivity contribution is 0.0491. The first-order valence-electron chi connectivity index (χ1n) is 8.30. The number of nitrogens with one attached hydrogen (secondary N) is 1. The topological polar surface area (TPSA) is 112 Å². The van der Waals surface area contributed by atoms with Gasteiger partial charge in [0.15, 0.2) is 0 Å². The molecule has 1 heterocycles. The van der Waals surface area contributed by atoms with Crippen LogP contribution in [0.5, 0.6) is 0 Å². The standard InChI is InChI=1S/C17H22N2O5S.ClH/c1-3-23-17(20)16-10(2)13-8-12(6-7-15(13)24-16)25(21,22)19-14(9-18)11-4-5-11;/h6-8,11,14,19H,3-5,9,18H2,1-2H3;1H. The first kappa shape index (κ1) is 20.7. The van der Waals surface area contributed by atoms with Gasteiger partial charge in [-0.3, -0.25) is 0 Å². The normalized spacial score (nSPS) is 15.5. The molecule has 1 fully saturated rings. The zero-order valence-corrected chi connectivity index (χ0v) is 16.3. The van der Waals surface area contributed by atoms with Crippen LogP contribution in [0.15, 0.2) is 27.5 Å². The van der Waals surface area contributed by atoms with E-state index in [2.05, 4.69) is 4.72 Å². The summed E-state index contributed by atoms with van der Waals surface area (Å²) in [6.45, 7) is 3.92. The summed E-state index contributed by atoms with van der Waals surface area (Å²) in [4.78, 5) is 12.0.